The third-order valence-corrected chi connectivity index (χ3v) is 2.25. The quantitative estimate of drug-likeness (QED) is 0.697. The normalized spacial score (nSPS) is 9.67. The standard InChI is InChI=1S/C13H18N2O3/c1-9(2)7-14-13(17)15-8-10-4-5-11(16)12(6-10)18-3/h4-6,16H,1,7-8H2,2-3H3,(H2,14,15,17). The Morgan fingerprint density at radius 1 is 1.44 bits per heavy atom. The van der Waals surface area contributed by atoms with E-state index < -0.39 is 0 Å². The summed E-state index contributed by atoms with van der Waals surface area (Å²) in [5.74, 6) is 0.463. The number of amides is 2. The number of hydrogen-bond donors (Lipinski definition) is 3. The van der Waals surface area contributed by atoms with E-state index in [-0.39, 0.29) is 11.8 Å². The molecule has 98 valence electrons. The number of methoxy groups -OCH3 is 1. The van der Waals surface area contributed by atoms with Crippen molar-refractivity contribution in [2.24, 2.45) is 0 Å². The average Bonchev–Trinajstić information content (AvgIpc) is 2.35. The van der Waals surface area contributed by atoms with Gasteiger partial charge < -0.3 is 20.5 Å². The van der Waals surface area contributed by atoms with Crippen LogP contribution in [0.1, 0.15) is 12.5 Å². The molecule has 3 N–H and O–H groups in total. The molecular weight excluding hydrogens is 232 g/mol. The van der Waals surface area contributed by atoms with Gasteiger partial charge in [0, 0.05) is 13.1 Å². The summed E-state index contributed by atoms with van der Waals surface area (Å²) < 4.78 is 4.98. The number of nitrogens with one attached hydrogen (secondary N) is 2. The zero-order valence-corrected chi connectivity index (χ0v) is 10.6. The van der Waals surface area contributed by atoms with Gasteiger partial charge in [-0.3, -0.25) is 0 Å². The van der Waals surface area contributed by atoms with Crippen molar-refractivity contribution in [3.63, 3.8) is 0 Å². The molecule has 1 rings (SSSR count). The minimum atomic E-state index is -0.259. The van der Waals surface area contributed by atoms with Crippen LogP contribution in [-0.2, 0) is 6.54 Å². The van der Waals surface area contributed by atoms with Crippen molar-refractivity contribution < 1.29 is 14.6 Å². The van der Waals surface area contributed by atoms with Crippen LogP contribution in [0.3, 0.4) is 0 Å². The molecule has 0 aliphatic rings. The maximum Gasteiger partial charge on any atom is 0.315 e. The predicted octanol–water partition coefficient (Wildman–Crippen LogP) is 1.78. The van der Waals surface area contributed by atoms with E-state index in [4.69, 9.17) is 4.74 Å². The number of urea groups is 1. The highest BCUT2D eigenvalue weighted by Crippen LogP contribution is 2.25. The first-order valence-corrected chi connectivity index (χ1v) is 5.55. The van der Waals surface area contributed by atoms with Crippen LogP contribution in [-0.4, -0.2) is 24.8 Å². The fourth-order valence-electron chi connectivity index (χ4n) is 1.31. The van der Waals surface area contributed by atoms with Gasteiger partial charge in [0.25, 0.3) is 0 Å². The Morgan fingerprint density at radius 2 is 2.17 bits per heavy atom. The fourth-order valence-corrected chi connectivity index (χ4v) is 1.31. The summed E-state index contributed by atoms with van der Waals surface area (Å²) in [4.78, 5) is 11.4. The third kappa shape index (κ3) is 4.37. The molecule has 0 bridgehead atoms. The monoisotopic (exact) mass is 250 g/mol. The molecule has 0 heterocycles. The van der Waals surface area contributed by atoms with Crippen LogP contribution >= 0.6 is 0 Å². The zero-order chi connectivity index (χ0) is 13.5. The van der Waals surface area contributed by atoms with Crippen molar-refractivity contribution in [1.29, 1.82) is 0 Å². The Balaban J connectivity index is 2.48. The molecule has 1 aromatic rings. The number of ether oxygens (including phenoxy) is 1. The number of aromatic hydroxyl groups is 1. The van der Waals surface area contributed by atoms with E-state index in [0.717, 1.165) is 11.1 Å². The lowest BCUT2D eigenvalue weighted by molar-refractivity contribution is 0.241. The zero-order valence-electron chi connectivity index (χ0n) is 10.6. The maximum absolute atomic E-state index is 11.4. The molecule has 1 aromatic carbocycles. The smallest absolute Gasteiger partial charge is 0.315 e. The molecule has 0 atom stereocenters. The van der Waals surface area contributed by atoms with Gasteiger partial charge in [-0.05, 0) is 24.6 Å². The number of benzene rings is 1. The molecule has 0 aromatic heterocycles. The first-order chi connectivity index (χ1) is 8.52. The Kier molecular flexibility index (Phi) is 5.05. The minimum absolute atomic E-state index is 0.0768. The number of phenols is 1. The molecule has 0 saturated carbocycles. The number of hydrogen-bond acceptors (Lipinski definition) is 3. The molecule has 0 radical (unpaired) electrons. The highest BCUT2D eigenvalue weighted by atomic mass is 16.5. The third-order valence-electron chi connectivity index (χ3n) is 2.25. The molecule has 0 aliphatic heterocycles. The summed E-state index contributed by atoms with van der Waals surface area (Å²) >= 11 is 0. The van der Waals surface area contributed by atoms with Gasteiger partial charge in [-0.15, -0.1) is 0 Å². The number of carbonyl (C=O) groups excluding carboxylic acids is 1. The molecular formula is C13H18N2O3. The van der Waals surface area contributed by atoms with Crippen LogP contribution in [0, 0.1) is 0 Å². The Bertz CT molecular complexity index is 444. The average molecular weight is 250 g/mol. The maximum atomic E-state index is 11.4. The summed E-state index contributed by atoms with van der Waals surface area (Å²) in [7, 11) is 1.48. The fraction of sp³-hybridized carbons (Fsp3) is 0.308. The van der Waals surface area contributed by atoms with Crippen molar-refractivity contribution in [3.8, 4) is 11.5 Å². The van der Waals surface area contributed by atoms with Crippen LogP contribution in [0.5, 0.6) is 11.5 Å². The van der Waals surface area contributed by atoms with Crippen molar-refractivity contribution in [2.45, 2.75) is 13.5 Å². The van der Waals surface area contributed by atoms with E-state index in [1.807, 2.05) is 6.92 Å². The van der Waals surface area contributed by atoms with Gasteiger partial charge in [0.15, 0.2) is 11.5 Å². The number of carbonyl (C=O) groups is 1. The Labute approximate surface area is 106 Å². The molecule has 18 heavy (non-hydrogen) atoms. The second-order valence-corrected chi connectivity index (χ2v) is 4.00. The van der Waals surface area contributed by atoms with E-state index in [1.165, 1.54) is 13.2 Å². The summed E-state index contributed by atoms with van der Waals surface area (Å²) in [6, 6.07) is 4.66. The topological polar surface area (TPSA) is 70.6 Å². The summed E-state index contributed by atoms with van der Waals surface area (Å²) in [5, 5.41) is 14.8. The van der Waals surface area contributed by atoms with Gasteiger partial charge in [0.05, 0.1) is 7.11 Å². The van der Waals surface area contributed by atoms with Crippen LogP contribution in [0.25, 0.3) is 0 Å². The van der Waals surface area contributed by atoms with Gasteiger partial charge in [-0.25, -0.2) is 4.79 Å². The van der Waals surface area contributed by atoms with Gasteiger partial charge in [-0.1, -0.05) is 18.2 Å². The summed E-state index contributed by atoms with van der Waals surface area (Å²) in [5.41, 5.74) is 1.73. The van der Waals surface area contributed by atoms with Crippen LogP contribution in [0.15, 0.2) is 30.4 Å². The second-order valence-electron chi connectivity index (χ2n) is 4.00. The molecule has 0 fully saturated rings. The lowest BCUT2D eigenvalue weighted by atomic mass is 10.2. The molecule has 5 nitrogen and oxygen atoms in total. The molecule has 2 amide bonds. The van der Waals surface area contributed by atoms with Crippen molar-refractivity contribution in [1.82, 2.24) is 10.6 Å². The predicted molar refractivity (Wildman–Crippen MR) is 69.7 cm³/mol. The van der Waals surface area contributed by atoms with Gasteiger partial charge >= 0.3 is 6.03 Å². The van der Waals surface area contributed by atoms with E-state index >= 15 is 0 Å². The van der Waals surface area contributed by atoms with Crippen molar-refractivity contribution in [2.75, 3.05) is 13.7 Å². The van der Waals surface area contributed by atoms with Crippen molar-refractivity contribution in [3.05, 3.63) is 35.9 Å². The van der Waals surface area contributed by atoms with E-state index in [1.54, 1.807) is 12.1 Å². The lowest BCUT2D eigenvalue weighted by Crippen LogP contribution is -2.35. The van der Waals surface area contributed by atoms with Crippen molar-refractivity contribution >= 4 is 6.03 Å². The highest BCUT2D eigenvalue weighted by molar-refractivity contribution is 5.74. The van der Waals surface area contributed by atoms with Crippen LogP contribution in [0.4, 0.5) is 4.79 Å². The molecule has 0 unspecified atom stereocenters. The number of rotatable bonds is 5. The molecule has 5 heteroatoms. The lowest BCUT2D eigenvalue weighted by Gasteiger charge is -2.09. The van der Waals surface area contributed by atoms with Gasteiger partial charge in [0.1, 0.15) is 0 Å². The largest absolute Gasteiger partial charge is 0.504 e. The number of phenolic OH excluding ortho intramolecular Hbond substituents is 1. The minimum Gasteiger partial charge on any atom is -0.504 e. The second kappa shape index (κ2) is 6.54. The Hall–Kier alpha value is -2.17. The van der Waals surface area contributed by atoms with E-state index in [9.17, 15) is 9.90 Å². The first-order valence-electron chi connectivity index (χ1n) is 5.55. The molecule has 0 aliphatic carbocycles. The van der Waals surface area contributed by atoms with Gasteiger partial charge in [-0.2, -0.15) is 0 Å². The van der Waals surface area contributed by atoms with E-state index in [2.05, 4.69) is 17.2 Å². The van der Waals surface area contributed by atoms with Gasteiger partial charge in [0.2, 0.25) is 0 Å². The van der Waals surface area contributed by atoms with Crippen LogP contribution in [0.2, 0.25) is 0 Å². The van der Waals surface area contributed by atoms with E-state index in [0.29, 0.717) is 18.8 Å². The summed E-state index contributed by atoms with van der Waals surface area (Å²) in [6.07, 6.45) is 0. The summed E-state index contributed by atoms with van der Waals surface area (Å²) in [6.45, 7) is 6.34. The van der Waals surface area contributed by atoms with Crippen LogP contribution < -0.4 is 15.4 Å². The molecule has 0 saturated heterocycles. The first kappa shape index (κ1) is 13.9. The SMILES string of the molecule is C=C(C)CNC(=O)NCc1ccc(O)c(OC)c1. The molecule has 0 spiro atoms. The highest BCUT2D eigenvalue weighted by Gasteiger charge is 2.04. The Morgan fingerprint density at radius 3 is 2.78 bits per heavy atom.